The van der Waals surface area contributed by atoms with Crippen molar-refractivity contribution in [1.29, 1.82) is 0 Å². The molecule has 1 aliphatic carbocycles. The van der Waals surface area contributed by atoms with Crippen LogP contribution in [0.1, 0.15) is 50.5 Å². The van der Waals surface area contributed by atoms with E-state index in [0.717, 1.165) is 16.9 Å². The Morgan fingerprint density at radius 2 is 1.31 bits per heavy atom. The van der Waals surface area contributed by atoms with E-state index >= 15 is 0 Å². The van der Waals surface area contributed by atoms with Crippen molar-refractivity contribution >= 4 is 11.6 Å². The predicted molar refractivity (Wildman–Crippen MR) is 132 cm³/mol. The molecule has 35 heavy (non-hydrogen) atoms. The van der Waals surface area contributed by atoms with Crippen LogP contribution in [0.2, 0.25) is 0 Å². The van der Waals surface area contributed by atoms with Crippen LogP contribution in [-0.2, 0) is 17.8 Å². The van der Waals surface area contributed by atoms with E-state index in [1.165, 1.54) is 12.1 Å². The number of Topliss-reactive ketones (excluding diaryl/α,β-unsaturated/α-hetero) is 1. The first-order valence-corrected chi connectivity index (χ1v) is 11.5. The van der Waals surface area contributed by atoms with E-state index < -0.39 is 11.7 Å². The summed E-state index contributed by atoms with van der Waals surface area (Å²) >= 11 is 0. The predicted octanol–water partition coefficient (Wildman–Crippen LogP) is 5.56. The second-order valence-corrected chi connectivity index (χ2v) is 8.63. The quantitative estimate of drug-likeness (QED) is 0.374. The fourth-order valence-corrected chi connectivity index (χ4v) is 4.64. The monoisotopic (exact) mass is 464 g/mol. The van der Waals surface area contributed by atoms with Crippen molar-refractivity contribution in [1.82, 2.24) is 0 Å². The summed E-state index contributed by atoms with van der Waals surface area (Å²) in [6, 6.07) is 27.1. The zero-order valence-electron chi connectivity index (χ0n) is 19.0. The zero-order valence-corrected chi connectivity index (χ0v) is 19.0. The van der Waals surface area contributed by atoms with Gasteiger partial charge < -0.3 is 14.9 Å². The Labute approximate surface area is 203 Å². The van der Waals surface area contributed by atoms with Gasteiger partial charge in [-0.1, -0.05) is 66.7 Å². The van der Waals surface area contributed by atoms with Crippen molar-refractivity contribution in [3.05, 3.63) is 124 Å². The van der Waals surface area contributed by atoms with E-state index in [2.05, 4.69) is 0 Å². The number of benzene rings is 4. The Kier molecular flexibility index (Phi) is 6.06. The number of ketones is 2. The summed E-state index contributed by atoms with van der Waals surface area (Å²) in [5.41, 5.74) is 3.19. The van der Waals surface area contributed by atoms with Gasteiger partial charge in [0.2, 0.25) is 5.78 Å². The lowest BCUT2D eigenvalue weighted by molar-refractivity contribution is -0.119. The highest BCUT2D eigenvalue weighted by atomic mass is 16.5. The fraction of sp³-hybridized carbons (Fsp3) is 0.133. The van der Waals surface area contributed by atoms with Crippen LogP contribution < -0.4 is 4.74 Å². The standard InChI is InChI=1S/C30H24O5/c31-24-10-4-8-22-27(23-9-5-11-25(32)29(23)30(34)28(22)24)26(33)17-14-19-12-15-21(16-13-19)35-18-20-6-2-1-3-7-20/h1-13,15-16,27,31-32H,14,17-18H2. The number of fused-ring (bicyclic) bond motifs is 2. The van der Waals surface area contributed by atoms with Gasteiger partial charge in [-0.05, 0) is 52.9 Å². The van der Waals surface area contributed by atoms with Crippen LogP contribution in [0, 0.1) is 0 Å². The lowest BCUT2D eigenvalue weighted by atomic mass is 9.74. The molecule has 0 aliphatic heterocycles. The molecule has 5 nitrogen and oxygen atoms in total. The molecular weight excluding hydrogens is 440 g/mol. The van der Waals surface area contributed by atoms with E-state index in [-0.39, 0.29) is 34.8 Å². The van der Waals surface area contributed by atoms with Gasteiger partial charge in [-0.2, -0.15) is 0 Å². The number of hydrogen-bond donors (Lipinski definition) is 2. The molecule has 0 fully saturated rings. The zero-order chi connectivity index (χ0) is 24.4. The minimum atomic E-state index is -0.731. The van der Waals surface area contributed by atoms with Crippen LogP contribution in [0.15, 0.2) is 91.0 Å². The molecule has 5 rings (SSSR count). The number of carbonyl (C=O) groups is 2. The minimum Gasteiger partial charge on any atom is -0.507 e. The molecule has 0 spiro atoms. The second kappa shape index (κ2) is 9.47. The van der Waals surface area contributed by atoms with Gasteiger partial charge in [0.1, 0.15) is 29.6 Å². The molecule has 0 unspecified atom stereocenters. The maximum absolute atomic E-state index is 13.5. The van der Waals surface area contributed by atoms with Gasteiger partial charge in [0.05, 0.1) is 17.0 Å². The highest BCUT2D eigenvalue weighted by Crippen LogP contribution is 2.43. The fourth-order valence-electron chi connectivity index (χ4n) is 4.64. The summed E-state index contributed by atoms with van der Waals surface area (Å²) in [6.45, 7) is 0.484. The third kappa shape index (κ3) is 4.41. The van der Waals surface area contributed by atoms with Gasteiger partial charge in [-0.15, -0.1) is 0 Å². The summed E-state index contributed by atoms with van der Waals surface area (Å²) in [5, 5.41) is 20.7. The Bertz CT molecular complexity index is 1330. The molecule has 0 bridgehead atoms. The average Bonchev–Trinajstić information content (AvgIpc) is 2.87. The number of aromatic hydroxyl groups is 2. The number of phenols is 2. The number of phenolic OH excluding ortho intramolecular Hbond substituents is 2. The summed E-state index contributed by atoms with van der Waals surface area (Å²) in [5.74, 6) is -0.911. The van der Waals surface area contributed by atoms with Gasteiger partial charge in [-0.3, -0.25) is 9.59 Å². The second-order valence-electron chi connectivity index (χ2n) is 8.63. The van der Waals surface area contributed by atoms with Crippen LogP contribution in [0.3, 0.4) is 0 Å². The molecule has 0 saturated heterocycles. The van der Waals surface area contributed by atoms with Crippen molar-refractivity contribution in [2.45, 2.75) is 25.4 Å². The van der Waals surface area contributed by atoms with Crippen LogP contribution in [0.25, 0.3) is 0 Å². The third-order valence-corrected chi connectivity index (χ3v) is 6.38. The van der Waals surface area contributed by atoms with Gasteiger partial charge in [-0.25, -0.2) is 0 Å². The highest BCUT2D eigenvalue weighted by Gasteiger charge is 2.37. The molecule has 5 heteroatoms. The Morgan fingerprint density at radius 3 is 1.91 bits per heavy atom. The molecule has 0 radical (unpaired) electrons. The van der Waals surface area contributed by atoms with Crippen LogP contribution >= 0.6 is 0 Å². The van der Waals surface area contributed by atoms with Crippen molar-refractivity contribution in [2.24, 2.45) is 0 Å². The summed E-state index contributed by atoms with van der Waals surface area (Å²) < 4.78 is 5.83. The minimum absolute atomic E-state index is 0.0828. The van der Waals surface area contributed by atoms with Gasteiger partial charge in [0.25, 0.3) is 0 Å². The largest absolute Gasteiger partial charge is 0.507 e. The van der Waals surface area contributed by atoms with E-state index in [1.54, 1.807) is 24.3 Å². The number of rotatable bonds is 7. The first-order chi connectivity index (χ1) is 17.0. The molecule has 0 aromatic heterocycles. The summed E-state index contributed by atoms with van der Waals surface area (Å²) in [4.78, 5) is 26.5. The van der Waals surface area contributed by atoms with Crippen LogP contribution in [-0.4, -0.2) is 21.8 Å². The first kappa shape index (κ1) is 22.4. The lowest BCUT2D eigenvalue weighted by Crippen LogP contribution is -2.25. The van der Waals surface area contributed by atoms with Crippen molar-refractivity contribution in [3.63, 3.8) is 0 Å². The van der Waals surface area contributed by atoms with Crippen LogP contribution in [0.5, 0.6) is 17.2 Å². The third-order valence-electron chi connectivity index (χ3n) is 6.38. The number of carbonyl (C=O) groups excluding carboxylic acids is 2. The number of aryl methyl sites for hydroxylation is 1. The Balaban J connectivity index is 1.32. The average molecular weight is 465 g/mol. The van der Waals surface area contributed by atoms with Crippen molar-refractivity contribution in [3.8, 4) is 17.2 Å². The van der Waals surface area contributed by atoms with E-state index in [9.17, 15) is 19.8 Å². The normalized spacial score (nSPS) is 12.6. The molecule has 0 amide bonds. The summed E-state index contributed by atoms with van der Waals surface area (Å²) in [7, 11) is 0. The molecule has 4 aromatic carbocycles. The van der Waals surface area contributed by atoms with Crippen LogP contribution in [0.4, 0.5) is 0 Å². The maximum atomic E-state index is 13.5. The Hall–Kier alpha value is -4.38. The smallest absolute Gasteiger partial charge is 0.201 e. The molecule has 174 valence electrons. The SMILES string of the molecule is O=C1c2c(O)cccc2C(C(=O)CCc2ccc(OCc3ccccc3)cc2)c2cccc(O)c21. The van der Waals surface area contributed by atoms with Crippen molar-refractivity contribution < 1.29 is 24.5 Å². The molecule has 1 aliphatic rings. The molecule has 2 N–H and O–H groups in total. The van der Waals surface area contributed by atoms with E-state index in [0.29, 0.717) is 24.2 Å². The van der Waals surface area contributed by atoms with Crippen molar-refractivity contribution in [2.75, 3.05) is 0 Å². The number of ether oxygens (including phenoxy) is 1. The molecule has 0 saturated carbocycles. The highest BCUT2D eigenvalue weighted by molar-refractivity contribution is 6.18. The lowest BCUT2D eigenvalue weighted by Gasteiger charge is -2.27. The maximum Gasteiger partial charge on any atom is 0.201 e. The summed E-state index contributed by atoms with van der Waals surface area (Å²) in [6.07, 6.45) is 0.762. The van der Waals surface area contributed by atoms with E-state index in [4.69, 9.17) is 4.74 Å². The van der Waals surface area contributed by atoms with Gasteiger partial charge in [0, 0.05) is 6.42 Å². The number of hydrogen-bond acceptors (Lipinski definition) is 5. The van der Waals surface area contributed by atoms with Gasteiger partial charge in [0.15, 0.2) is 0 Å². The molecular formula is C30H24O5. The Morgan fingerprint density at radius 1 is 0.714 bits per heavy atom. The molecule has 0 heterocycles. The topological polar surface area (TPSA) is 83.8 Å². The first-order valence-electron chi connectivity index (χ1n) is 11.5. The van der Waals surface area contributed by atoms with Gasteiger partial charge >= 0.3 is 0 Å². The molecule has 0 atom stereocenters. The molecule has 4 aromatic rings. The van der Waals surface area contributed by atoms with E-state index in [1.807, 2.05) is 54.6 Å².